The minimum atomic E-state index is -0.868. The van der Waals surface area contributed by atoms with E-state index in [1.54, 1.807) is 11.1 Å². The van der Waals surface area contributed by atoms with Gasteiger partial charge in [0.1, 0.15) is 0 Å². The first kappa shape index (κ1) is 23.0. The molecule has 1 aliphatic carbocycles. The van der Waals surface area contributed by atoms with Crippen molar-refractivity contribution < 1.29 is 9.90 Å². The molecule has 5 rings (SSSR count). The highest BCUT2D eigenvalue weighted by atomic mass is 16.4. The van der Waals surface area contributed by atoms with Crippen LogP contribution in [0.5, 0.6) is 0 Å². The molecule has 0 aliphatic heterocycles. The second-order valence-electron chi connectivity index (χ2n) is 10.5. The third-order valence-electron chi connectivity index (χ3n) is 7.19. The summed E-state index contributed by atoms with van der Waals surface area (Å²) in [6.07, 6.45) is 3.64. The molecule has 1 saturated carbocycles. The minimum absolute atomic E-state index is 0.482. The Kier molecular flexibility index (Phi) is 5.59. The molecule has 0 saturated heterocycles. The van der Waals surface area contributed by atoms with Crippen LogP contribution in [0.2, 0.25) is 0 Å². The van der Waals surface area contributed by atoms with Gasteiger partial charge in [0.2, 0.25) is 0 Å². The van der Waals surface area contributed by atoms with E-state index in [1.807, 2.05) is 52.0 Å². The number of carboxylic acid groups (broad SMARTS) is 1. The standard InChI is InChI=1S/C30H31N3O2/c1-20-24-19-25(21-9-6-5-7-10-21)27(32-26(24)15-18-31-20)22-11-13-23(14-12-22)30(16-8-17-30)33(28(34)35)29(2,3)4/h5-7,9-15,18-19H,8,16-17H2,1-4H3,(H,34,35). The molecule has 0 atom stereocenters. The number of fused-ring (bicyclic) bond motifs is 1. The van der Waals surface area contributed by atoms with Gasteiger partial charge in [-0.1, -0.05) is 54.6 Å². The molecule has 1 amide bonds. The Hall–Kier alpha value is -3.73. The predicted octanol–water partition coefficient (Wildman–Crippen LogP) is 7.43. The van der Waals surface area contributed by atoms with Crippen molar-refractivity contribution in [2.45, 2.75) is 58.0 Å². The fourth-order valence-electron chi connectivity index (χ4n) is 5.49. The maximum Gasteiger partial charge on any atom is 0.408 e. The van der Waals surface area contributed by atoms with Crippen molar-refractivity contribution in [2.24, 2.45) is 0 Å². The Morgan fingerprint density at radius 2 is 1.66 bits per heavy atom. The topological polar surface area (TPSA) is 66.3 Å². The molecule has 0 unspecified atom stereocenters. The van der Waals surface area contributed by atoms with Crippen LogP contribution in [0.1, 0.15) is 51.3 Å². The van der Waals surface area contributed by atoms with Gasteiger partial charge in [-0.25, -0.2) is 9.78 Å². The summed E-state index contributed by atoms with van der Waals surface area (Å²) in [5, 5.41) is 11.1. The van der Waals surface area contributed by atoms with Gasteiger partial charge in [-0.15, -0.1) is 0 Å². The largest absolute Gasteiger partial charge is 0.465 e. The third-order valence-corrected chi connectivity index (χ3v) is 7.19. The second kappa shape index (κ2) is 8.49. The molecule has 2 aromatic heterocycles. The minimum Gasteiger partial charge on any atom is -0.465 e. The Balaban J connectivity index is 1.63. The molecular weight excluding hydrogens is 434 g/mol. The van der Waals surface area contributed by atoms with Gasteiger partial charge >= 0.3 is 6.09 Å². The highest BCUT2D eigenvalue weighted by Crippen LogP contribution is 2.49. The van der Waals surface area contributed by atoms with E-state index in [4.69, 9.17) is 4.98 Å². The van der Waals surface area contributed by atoms with Crippen molar-refractivity contribution in [1.82, 2.24) is 14.9 Å². The molecule has 4 aromatic rings. The van der Waals surface area contributed by atoms with E-state index in [0.717, 1.165) is 63.8 Å². The van der Waals surface area contributed by atoms with Crippen LogP contribution in [-0.2, 0) is 5.54 Å². The summed E-state index contributed by atoms with van der Waals surface area (Å²) in [6, 6.07) is 22.8. The van der Waals surface area contributed by atoms with Gasteiger partial charge in [0.25, 0.3) is 0 Å². The first-order valence-corrected chi connectivity index (χ1v) is 12.2. The van der Waals surface area contributed by atoms with Gasteiger partial charge in [0, 0.05) is 33.9 Å². The lowest BCUT2D eigenvalue weighted by Gasteiger charge is -2.54. The zero-order valence-corrected chi connectivity index (χ0v) is 20.7. The van der Waals surface area contributed by atoms with E-state index in [9.17, 15) is 9.90 Å². The van der Waals surface area contributed by atoms with E-state index >= 15 is 0 Å². The van der Waals surface area contributed by atoms with Gasteiger partial charge in [-0.2, -0.15) is 0 Å². The van der Waals surface area contributed by atoms with Crippen molar-refractivity contribution in [3.63, 3.8) is 0 Å². The van der Waals surface area contributed by atoms with E-state index in [1.165, 1.54) is 0 Å². The molecule has 2 aromatic carbocycles. The third kappa shape index (κ3) is 3.95. The zero-order valence-electron chi connectivity index (χ0n) is 20.7. The average molecular weight is 466 g/mol. The molecule has 178 valence electrons. The van der Waals surface area contributed by atoms with Crippen LogP contribution in [-0.4, -0.2) is 31.6 Å². The van der Waals surface area contributed by atoms with Crippen molar-refractivity contribution in [3.05, 3.63) is 84.2 Å². The number of aryl methyl sites for hydroxylation is 1. The second-order valence-corrected chi connectivity index (χ2v) is 10.5. The van der Waals surface area contributed by atoms with Gasteiger partial charge in [0.05, 0.1) is 16.7 Å². The summed E-state index contributed by atoms with van der Waals surface area (Å²) in [6.45, 7) is 7.92. The smallest absolute Gasteiger partial charge is 0.408 e. The molecule has 0 radical (unpaired) electrons. The van der Waals surface area contributed by atoms with Crippen molar-refractivity contribution in [2.75, 3.05) is 0 Å². The molecule has 1 aliphatic rings. The number of carbonyl (C=O) groups is 1. The summed E-state index contributed by atoms with van der Waals surface area (Å²) >= 11 is 0. The molecule has 1 fully saturated rings. The molecule has 35 heavy (non-hydrogen) atoms. The molecular formula is C30H31N3O2. The fraction of sp³-hybridized carbons (Fsp3) is 0.300. The van der Waals surface area contributed by atoms with Crippen LogP contribution in [0.3, 0.4) is 0 Å². The molecule has 5 nitrogen and oxygen atoms in total. The highest BCUT2D eigenvalue weighted by Gasteiger charge is 2.50. The lowest BCUT2D eigenvalue weighted by atomic mass is 9.69. The highest BCUT2D eigenvalue weighted by molar-refractivity contribution is 5.92. The fourth-order valence-corrected chi connectivity index (χ4v) is 5.49. The molecule has 1 N–H and O–H groups in total. The average Bonchev–Trinajstić information content (AvgIpc) is 2.80. The Morgan fingerprint density at radius 1 is 0.971 bits per heavy atom. The zero-order chi connectivity index (χ0) is 24.8. The first-order valence-electron chi connectivity index (χ1n) is 12.2. The normalized spacial score (nSPS) is 15.0. The van der Waals surface area contributed by atoms with Gasteiger partial charge < -0.3 is 5.11 Å². The monoisotopic (exact) mass is 465 g/mol. The lowest BCUT2D eigenvalue weighted by Crippen LogP contribution is -2.60. The Bertz CT molecular complexity index is 1390. The maximum absolute atomic E-state index is 12.3. The van der Waals surface area contributed by atoms with Crippen LogP contribution in [0.25, 0.3) is 33.3 Å². The molecule has 0 bridgehead atoms. The molecule has 2 heterocycles. The van der Waals surface area contributed by atoms with E-state index in [0.29, 0.717) is 0 Å². The number of benzene rings is 2. The molecule has 5 heteroatoms. The number of amides is 1. The number of hydrogen-bond donors (Lipinski definition) is 1. The van der Waals surface area contributed by atoms with Crippen LogP contribution in [0.15, 0.2) is 72.9 Å². The quantitative estimate of drug-likeness (QED) is 0.340. The van der Waals surface area contributed by atoms with Crippen LogP contribution in [0.4, 0.5) is 4.79 Å². The number of rotatable bonds is 4. The van der Waals surface area contributed by atoms with Gasteiger partial charge in [-0.3, -0.25) is 9.88 Å². The predicted molar refractivity (Wildman–Crippen MR) is 140 cm³/mol. The molecule has 0 spiro atoms. The van der Waals surface area contributed by atoms with E-state index in [-0.39, 0.29) is 0 Å². The van der Waals surface area contributed by atoms with Crippen molar-refractivity contribution >= 4 is 17.0 Å². The van der Waals surface area contributed by atoms with Crippen molar-refractivity contribution in [3.8, 4) is 22.4 Å². The van der Waals surface area contributed by atoms with E-state index in [2.05, 4.69) is 47.4 Å². The summed E-state index contributed by atoms with van der Waals surface area (Å²) in [5.41, 5.74) is 6.03. The Morgan fingerprint density at radius 3 is 2.23 bits per heavy atom. The van der Waals surface area contributed by atoms with Crippen LogP contribution in [0, 0.1) is 6.92 Å². The van der Waals surface area contributed by atoms with Crippen LogP contribution < -0.4 is 0 Å². The number of hydrogen-bond acceptors (Lipinski definition) is 3. The maximum atomic E-state index is 12.3. The van der Waals surface area contributed by atoms with Gasteiger partial charge in [-0.05, 0) is 70.2 Å². The van der Waals surface area contributed by atoms with Gasteiger partial charge in [0.15, 0.2) is 0 Å². The lowest BCUT2D eigenvalue weighted by molar-refractivity contribution is -0.0328. The van der Waals surface area contributed by atoms with Crippen LogP contribution >= 0.6 is 0 Å². The van der Waals surface area contributed by atoms with E-state index < -0.39 is 17.2 Å². The van der Waals surface area contributed by atoms with Crippen molar-refractivity contribution in [1.29, 1.82) is 0 Å². The SMILES string of the molecule is Cc1nccc2nc(-c3ccc(C4(N(C(=O)O)C(C)(C)C)CCC4)cc3)c(-c3ccccc3)cc12. The first-order chi connectivity index (χ1) is 16.7. The number of aromatic nitrogens is 2. The summed E-state index contributed by atoms with van der Waals surface area (Å²) in [7, 11) is 0. The summed E-state index contributed by atoms with van der Waals surface area (Å²) < 4.78 is 0. The summed E-state index contributed by atoms with van der Waals surface area (Å²) in [4.78, 5) is 23.5. The number of nitrogens with zero attached hydrogens (tertiary/aromatic N) is 3. The summed E-state index contributed by atoms with van der Waals surface area (Å²) in [5.74, 6) is 0. The Labute approximate surface area is 206 Å². The number of pyridine rings is 2.